The number of nitrogens with zero attached hydrogens (tertiary/aromatic N) is 1. The number of halogens is 2. The minimum absolute atomic E-state index is 0. The van der Waals surface area contributed by atoms with Crippen molar-refractivity contribution in [2.75, 3.05) is 6.54 Å². The van der Waals surface area contributed by atoms with Gasteiger partial charge < -0.3 is 5.73 Å². The highest BCUT2D eigenvalue weighted by Crippen LogP contribution is 2.27. The second-order valence-corrected chi connectivity index (χ2v) is 6.91. The van der Waals surface area contributed by atoms with Crippen LogP contribution in [0.4, 0.5) is 4.39 Å². The van der Waals surface area contributed by atoms with Gasteiger partial charge >= 0.3 is 0 Å². The van der Waals surface area contributed by atoms with Crippen LogP contribution < -0.4 is 10.5 Å². The molecular weight excluding hydrogens is 317 g/mol. The lowest BCUT2D eigenvalue weighted by Gasteiger charge is -2.29. The van der Waals surface area contributed by atoms with Gasteiger partial charge in [-0.05, 0) is 24.8 Å². The highest BCUT2D eigenvalue weighted by molar-refractivity contribution is 7.89. The average molecular weight is 338 g/mol. The quantitative estimate of drug-likeness (QED) is 0.858. The molecule has 1 aromatic heterocycles. The Labute approximate surface area is 131 Å². The predicted molar refractivity (Wildman–Crippen MR) is 81.2 cm³/mol. The first kappa shape index (κ1) is 18.3. The van der Waals surface area contributed by atoms with E-state index in [-0.39, 0.29) is 35.8 Å². The summed E-state index contributed by atoms with van der Waals surface area (Å²) in [6, 6.07) is 0.660. The second-order valence-electron chi connectivity index (χ2n) is 5.20. The lowest BCUT2D eigenvalue weighted by Crippen LogP contribution is -2.45. The van der Waals surface area contributed by atoms with Crippen LogP contribution in [0.15, 0.2) is 23.4 Å². The lowest BCUT2D eigenvalue weighted by molar-refractivity contribution is 0.294. The van der Waals surface area contributed by atoms with Gasteiger partial charge in [-0.15, -0.1) is 12.4 Å². The third kappa shape index (κ3) is 4.88. The summed E-state index contributed by atoms with van der Waals surface area (Å²) in [5, 5.41) is 0. The first-order valence-corrected chi connectivity index (χ1v) is 8.34. The van der Waals surface area contributed by atoms with Crippen molar-refractivity contribution in [3.63, 3.8) is 0 Å². The SMILES string of the molecule is Cl.NCC(NS(=O)(=O)c1cncc(F)c1)C1CCCCC1. The van der Waals surface area contributed by atoms with Gasteiger partial charge in [0.1, 0.15) is 10.7 Å². The molecule has 1 atom stereocenters. The van der Waals surface area contributed by atoms with Crippen LogP contribution in [-0.2, 0) is 10.0 Å². The number of hydrogen-bond donors (Lipinski definition) is 2. The van der Waals surface area contributed by atoms with Crippen LogP contribution in [0.3, 0.4) is 0 Å². The van der Waals surface area contributed by atoms with Crippen molar-refractivity contribution in [2.45, 2.75) is 43.0 Å². The maximum atomic E-state index is 13.1. The van der Waals surface area contributed by atoms with Gasteiger partial charge in [0.15, 0.2) is 0 Å². The van der Waals surface area contributed by atoms with E-state index in [2.05, 4.69) is 9.71 Å². The number of nitrogens with two attached hydrogens (primary N) is 1. The van der Waals surface area contributed by atoms with Crippen LogP contribution in [-0.4, -0.2) is 26.0 Å². The Morgan fingerprint density at radius 1 is 1.33 bits per heavy atom. The molecule has 0 aromatic carbocycles. The summed E-state index contributed by atoms with van der Waals surface area (Å²) >= 11 is 0. The molecule has 0 spiro atoms. The number of aromatic nitrogens is 1. The molecule has 0 amide bonds. The van der Waals surface area contributed by atoms with Gasteiger partial charge in [0, 0.05) is 18.8 Å². The Morgan fingerprint density at radius 2 is 2.00 bits per heavy atom. The van der Waals surface area contributed by atoms with Crippen LogP contribution in [0.5, 0.6) is 0 Å². The first-order valence-electron chi connectivity index (χ1n) is 6.86. The molecule has 0 bridgehead atoms. The summed E-state index contributed by atoms with van der Waals surface area (Å²) in [4.78, 5) is 3.41. The van der Waals surface area contributed by atoms with Crippen molar-refractivity contribution in [3.05, 3.63) is 24.3 Å². The molecular formula is C13H21ClFN3O2S. The maximum Gasteiger partial charge on any atom is 0.242 e. The van der Waals surface area contributed by atoms with Crippen LogP contribution in [0.25, 0.3) is 0 Å². The molecule has 21 heavy (non-hydrogen) atoms. The molecule has 5 nitrogen and oxygen atoms in total. The summed E-state index contributed by atoms with van der Waals surface area (Å²) in [6.45, 7) is 0.243. The molecule has 1 heterocycles. The van der Waals surface area contributed by atoms with E-state index in [0.717, 1.165) is 44.1 Å². The number of rotatable bonds is 5. The molecule has 3 N–H and O–H groups in total. The second kappa shape index (κ2) is 8.03. The zero-order valence-corrected chi connectivity index (χ0v) is 13.3. The Hall–Kier alpha value is -0.760. The van der Waals surface area contributed by atoms with Gasteiger partial charge in [-0.3, -0.25) is 4.98 Å². The van der Waals surface area contributed by atoms with Gasteiger partial charge in [0.25, 0.3) is 0 Å². The Balaban J connectivity index is 0.00000220. The van der Waals surface area contributed by atoms with Gasteiger partial charge in [-0.1, -0.05) is 19.3 Å². The van der Waals surface area contributed by atoms with Crippen molar-refractivity contribution < 1.29 is 12.8 Å². The van der Waals surface area contributed by atoms with Crippen LogP contribution in [0.2, 0.25) is 0 Å². The van der Waals surface area contributed by atoms with E-state index >= 15 is 0 Å². The lowest BCUT2D eigenvalue weighted by atomic mass is 9.84. The fourth-order valence-electron chi connectivity index (χ4n) is 2.68. The van der Waals surface area contributed by atoms with Crippen molar-refractivity contribution in [3.8, 4) is 0 Å². The molecule has 2 rings (SSSR count). The van der Waals surface area contributed by atoms with E-state index in [1.165, 1.54) is 6.42 Å². The highest BCUT2D eigenvalue weighted by atomic mass is 35.5. The zero-order valence-electron chi connectivity index (χ0n) is 11.7. The third-order valence-corrected chi connectivity index (χ3v) is 5.23. The normalized spacial score (nSPS) is 18.0. The van der Waals surface area contributed by atoms with Crippen LogP contribution in [0, 0.1) is 11.7 Å². The van der Waals surface area contributed by atoms with E-state index in [0.29, 0.717) is 0 Å². The minimum Gasteiger partial charge on any atom is -0.329 e. The summed E-state index contributed by atoms with van der Waals surface area (Å²) < 4.78 is 40.1. The van der Waals surface area contributed by atoms with Gasteiger partial charge in [-0.2, -0.15) is 0 Å². The summed E-state index contributed by atoms with van der Waals surface area (Å²) in [7, 11) is -3.78. The molecule has 1 aromatic rings. The molecule has 8 heteroatoms. The Bertz CT molecular complexity index is 550. The first-order chi connectivity index (χ1) is 9.53. The smallest absolute Gasteiger partial charge is 0.242 e. The van der Waals surface area contributed by atoms with Gasteiger partial charge in [-0.25, -0.2) is 17.5 Å². The number of sulfonamides is 1. The molecule has 1 aliphatic carbocycles. The molecule has 1 unspecified atom stereocenters. The number of hydrogen-bond acceptors (Lipinski definition) is 4. The molecule has 1 fully saturated rings. The van der Waals surface area contributed by atoms with Crippen molar-refractivity contribution in [2.24, 2.45) is 11.7 Å². The summed E-state index contributed by atoms with van der Waals surface area (Å²) in [5.41, 5.74) is 5.70. The molecule has 0 radical (unpaired) electrons. The number of pyridine rings is 1. The van der Waals surface area contributed by atoms with Gasteiger partial charge in [0.05, 0.1) is 6.20 Å². The molecule has 0 saturated heterocycles. The standard InChI is InChI=1S/C13H20FN3O2S.ClH/c14-11-6-12(9-16-8-11)20(18,19)17-13(7-15)10-4-2-1-3-5-10;/h6,8-10,13,17H,1-5,7,15H2;1H. The van der Waals surface area contributed by atoms with E-state index in [9.17, 15) is 12.8 Å². The minimum atomic E-state index is -3.78. The van der Waals surface area contributed by atoms with Crippen LogP contribution in [0.1, 0.15) is 32.1 Å². The summed E-state index contributed by atoms with van der Waals surface area (Å²) in [6.07, 6.45) is 7.46. The monoisotopic (exact) mass is 337 g/mol. The largest absolute Gasteiger partial charge is 0.329 e. The van der Waals surface area contributed by atoms with E-state index in [1.54, 1.807) is 0 Å². The highest BCUT2D eigenvalue weighted by Gasteiger charge is 2.27. The van der Waals surface area contributed by atoms with Crippen molar-refractivity contribution >= 4 is 22.4 Å². The van der Waals surface area contributed by atoms with E-state index < -0.39 is 15.8 Å². The maximum absolute atomic E-state index is 13.1. The van der Waals surface area contributed by atoms with Crippen molar-refractivity contribution in [1.82, 2.24) is 9.71 Å². The van der Waals surface area contributed by atoms with Gasteiger partial charge in [0.2, 0.25) is 10.0 Å². The topological polar surface area (TPSA) is 85.1 Å². The Morgan fingerprint density at radius 3 is 2.57 bits per heavy atom. The predicted octanol–water partition coefficient (Wildman–Crippen LogP) is 1.83. The van der Waals surface area contributed by atoms with E-state index in [1.807, 2.05) is 0 Å². The molecule has 1 saturated carbocycles. The van der Waals surface area contributed by atoms with Crippen molar-refractivity contribution in [1.29, 1.82) is 0 Å². The van der Waals surface area contributed by atoms with E-state index in [4.69, 9.17) is 5.73 Å². The summed E-state index contributed by atoms with van der Waals surface area (Å²) in [5.74, 6) is -0.417. The molecule has 120 valence electrons. The Kier molecular flexibility index (Phi) is 6.99. The molecule has 1 aliphatic rings. The fourth-order valence-corrected chi connectivity index (χ4v) is 3.97. The zero-order chi connectivity index (χ0) is 14.6. The fraction of sp³-hybridized carbons (Fsp3) is 0.615. The third-order valence-electron chi connectivity index (χ3n) is 3.77. The van der Waals surface area contributed by atoms with Crippen LogP contribution >= 0.6 is 12.4 Å². The average Bonchev–Trinajstić information content (AvgIpc) is 2.46. The molecule has 0 aliphatic heterocycles. The number of nitrogens with one attached hydrogen (secondary N) is 1.